The molecule has 0 aliphatic rings. The summed E-state index contributed by atoms with van der Waals surface area (Å²) in [6.07, 6.45) is 8.08. The molecule has 110 valence electrons. The van der Waals surface area contributed by atoms with Crippen LogP contribution < -0.4 is 10.1 Å². The third-order valence-electron chi connectivity index (χ3n) is 2.98. The van der Waals surface area contributed by atoms with E-state index in [0.717, 1.165) is 0 Å². The maximum absolute atomic E-state index is 12.1. The monoisotopic (exact) mass is 295 g/mol. The number of aromatic nitrogens is 4. The third-order valence-corrected chi connectivity index (χ3v) is 2.98. The van der Waals surface area contributed by atoms with Crippen molar-refractivity contribution in [3.63, 3.8) is 0 Å². The van der Waals surface area contributed by atoms with Crippen LogP contribution in [0.25, 0.3) is 5.95 Å². The van der Waals surface area contributed by atoms with Crippen molar-refractivity contribution in [3.05, 3.63) is 60.9 Å². The van der Waals surface area contributed by atoms with E-state index in [1.165, 1.54) is 0 Å². The molecule has 3 aromatic rings. The summed E-state index contributed by atoms with van der Waals surface area (Å²) in [5.74, 6) is 0.950. The standard InChI is InChI=1S/C15H13N5O2/c1-22-13-4-2-11(3-5-13)14(21)19-12-8-17-15(18-9-12)20-7-6-16-10-20/h2-10H,1H3,(H,19,21). The Morgan fingerprint density at radius 1 is 1.18 bits per heavy atom. The van der Waals surface area contributed by atoms with Gasteiger partial charge in [0.25, 0.3) is 5.91 Å². The number of methoxy groups -OCH3 is 1. The van der Waals surface area contributed by atoms with E-state index < -0.39 is 0 Å². The lowest BCUT2D eigenvalue weighted by Crippen LogP contribution is -2.12. The van der Waals surface area contributed by atoms with Crippen LogP contribution in [0.1, 0.15) is 10.4 Å². The van der Waals surface area contributed by atoms with Crippen LogP contribution in [-0.2, 0) is 0 Å². The number of rotatable bonds is 4. The molecule has 3 rings (SSSR count). The second-order valence-electron chi connectivity index (χ2n) is 4.42. The number of carbonyl (C=O) groups excluding carboxylic acids is 1. The van der Waals surface area contributed by atoms with Crippen molar-refractivity contribution >= 4 is 11.6 Å². The number of hydrogen-bond acceptors (Lipinski definition) is 5. The molecular formula is C15H13N5O2. The summed E-state index contributed by atoms with van der Waals surface area (Å²) in [6, 6.07) is 6.84. The maximum atomic E-state index is 12.1. The summed E-state index contributed by atoms with van der Waals surface area (Å²) < 4.78 is 6.73. The van der Waals surface area contributed by atoms with Crippen molar-refractivity contribution in [1.29, 1.82) is 0 Å². The van der Waals surface area contributed by atoms with E-state index in [-0.39, 0.29) is 5.91 Å². The first-order valence-electron chi connectivity index (χ1n) is 6.52. The van der Waals surface area contributed by atoms with Crippen molar-refractivity contribution in [3.8, 4) is 11.7 Å². The molecule has 0 fully saturated rings. The highest BCUT2D eigenvalue weighted by Crippen LogP contribution is 2.13. The highest BCUT2D eigenvalue weighted by atomic mass is 16.5. The van der Waals surface area contributed by atoms with E-state index in [4.69, 9.17) is 4.74 Å². The van der Waals surface area contributed by atoms with Gasteiger partial charge in [-0.05, 0) is 24.3 Å². The molecule has 0 bridgehead atoms. The molecule has 2 aromatic heterocycles. The fourth-order valence-electron chi connectivity index (χ4n) is 1.84. The Hall–Kier alpha value is -3.22. The molecule has 7 heteroatoms. The number of benzene rings is 1. The molecular weight excluding hydrogens is 282 g/mol. The number of amides is 1. The normalized spacial score (nSPS) is 10.2. The van der Waals surface area contributed by atoms with Gasteiger partial charge in [0.2, 0.25) is 5.95 Å². The van der Waals surface area contributed by atoms with Gasteiger partial charge < -0.3 is 10.1 Å². The minimum Gasteiger partial charge on any atom is -0.497 e. The lowest BCUT2D eigenvalue weighted by atomic mass is 10.2. The van der Waals surface area contributed by atoms with Crippen LogP contribution in [0.15, 0.2) is 55.4 Å². The largest absolute Gasteiger partial charge is 0.497 e. The van der Waals surface area contributed by atoms with Crippen LogP contribution >= 0.6 is 0 Å². The summed E-state index contributed by atoms with van der Waals surface area (Å²) in [5.41, 5.74) is 1.05. The maximum Gasteiger partial charge on any atom is 0.255 e. The number of hydrogen-bond donors (Lipinski definition) is 1. The van der Waals surface area contributed by atoms with E-state index >= 15 is 0 Å². The number of imidazole rings is 1. The van der Waals surface area contributed by atoms with E-state index in [1.807, 2.05) is 0 Å². The molecule has 7 nitrogen and oxygen atoms in total. The van der Waals surface area contributed by atoms with Crippen molar-refractivity contribution < 1.29 is 9.53 Å². The molecule has 1 aromatic carbocycles. The van der Waals surface area contributed by atoms with E-state index in [0.29, 0.717) is 22.9 Å². The van der Waals surface area contributed by atoms with Crippen LogP contribution in [0.2, 0.25) is 0 Å². The average Bonchev–Trinajstić information content (AvgIpc) is 3.10. The Bertz CT molecular complexity index is 752. The molecule has 0 spiro atoms. The quantitative estimate of drug-likeness (QED) is 0.795. The molecule has 0 atom stereocenters. The van der Waals surface area contributed by atoms with Crippen LogP contribution in [0.5, 0.6) is 5.75 Å². The SMILES string of the molecule is COc1ccc(C(=O)Nc2cnc(-n3ccnc3)nc2)cc1. The minimum absolute atomic E-state index is 0.235. The van der Waals surface area contributed by atoms with E-state index in [1.54, 1.807) is 67.1 Å². The molecule has 0 unspecified atom stereocenters. The van der Waals surface area contributed by atoms with Gasteiger partial charge in [-0.15, -0.1) is 0 Å². The topological polar surface area (TPSA) is 81.9 Å². The van der Waals surface area contributed by atoms with Gasteiger partial charge >= 0.3 is 0 Å². The molecule has 22 heavy (non-hydrogen) atoms. The molecule has 0 aliphatic carbocycles. The fourth-order valence-corrected chi connectivity index (χ4v) is 1.84. The van der Waals surface area contributed by atoms with Gasteiger partial charge in [-0.1, -0.05) is 0 Å². The molecule has 0 radical (unpaired) electrons. The number of ether oxygens (including phenoxy) is 1. The van der Waals surface area contributed by atoms with Crippen LogP contribution in [0.4, 0.5) is 5.69 Å². The molecule has 1 N–H and O–H groups in total. The summed E-state index contributed by atoms with van der Waals surface area (Å²) in [7, 11) is 1.58. The Labute approximate surface area is 126 Å². The summed E-state index contributed by atoms with van der Waals surface area (Å²) in [4.78, 5) is 24.4. The number of anilines is 1. The number of carbonyl (C=O) groups is 1. The average molecular weight is 295 g/mol. The second-order valence-corrected chi connectivity index (χ2v) is 4.42. The van der Waals surface area contributed by atoms with Gasteiger partial charge in [0, 0.05) is 18.0 Å². The predicted octanol–water partition coefficient (Wildman–Crippen LogP) is 1.92. The first kappa shape index (κ1) is 13.7. The van der Waals surface area contributed by atoms with Crippen LogP contribution in [0, 0.1) is 0 Å². The zero-order valence-electron chi connectivity index (χ0n) is 11.8. The Balaban J connectivity index is 1.71. The van der Waals surface area contributed by atoms with Crippen LogP contribution in [0.3, 0.4) is 0 Å². The van der Waals surface area contributed by atoms with Crippen molar-refractivity contribution in [2.24, 2.45) is 0 Å². The van der Waals surface area contributed by atoms with Crippen molar-refractivity contribution in [1.82, 2.24) is 19.5 Å². The smallest absolute Gasteiger partial charge is 0.255 e. The Morgan fingerprint density at radius 2 is 1.91 bits per heavy atom. The first-order chi connectivity index (χ1) is 10.8. The van der Waals surface area contributed by atoms with Crippen molar-refractivity contribution in [2.75, 3.05) is 12.4 Å². The highest BCUT2D eigenvalue weighted by Gasteiger charge is 2.07. The van der Waals surface area contributed by atoms with Gasteiger partial charge in [-0.2, -0.15) is 0 Å². The summed E-state index contributed by atoms with van der Waals surface area (Å²) in [5, 5.41) is 2.74. The highest BCUT2D eigenvalue weighted by molar-refractivity contribution is 6.04. The Kier molecular flexibility index (Phi) is 3.78. The molecule has 0 saturated heterocycles. The Morgan fingerprint density at radius 3 is 2.50 bits per heavy atom. The first-order valence-corrected chi connectivity index (χ1v) is 6.52. The zero-order chi connectivity index (χ0) is 15.4. The van der Waals surface area contributed by atoms with Gasteiger partial charge in [0.15, 0.2) is 0 Å². The molecule has 1 amide bonds. The summed E-state index contributed by atoms with van der Waals surface area (Å²) in [6.45, 7) is 0. The number of nitrogens with one attached hydrogen (secondary N) is 1. The predicted molar refractivity (Wildman–Crippen MR) is 80.1 cm³/mol. The number of nitrogens with zero attached hydrogens (tertiary/aromatic N) is 4. The van der Waals surface area contributed by atoms with Crippen molar-refractivity contribution in [2.45, 2.75) is 0 Å². The zero-order valence-corrected chi connectivity index (χ0v) is 11.8. The molecule has 2 heterocycles. The lowest BCUT2D eigenvalue weighted by Gasteiger charge is -2.06. The van der Waals surface area contributed by atoms with Gasteiger partial charge in [0.05, 0.1) is 25.2 Å². The third kappa shape index (κ3) is 2.93. The van der Waals surface area contributed by atoms with E-state index in [2.05, 4.69) is 20.3 Å². The summed E-state index contributed by atoms with van der Waals surface area (Å²) >= 11 is 0. The fraction of sp³-hybridized carbons (Fsp3) is 0.0667. The molecule has 0 aliphatic heterocycles. The van der Waals surface area contributed by atoms with Crippen LogP contribution in [-0.4, -0.2) is 32.5 Å². The van der Waals surface area contributed by atoms with Gasteiger partial charge in [-0.25, -0.2) is 15.0 Å². The second kappa shape index (κ2) is 6.04. The van der Waals surface area contributed by atoms with Gasteiger partial charge in [0.1, 0.15) is 12.1 Å². The lowest BCUT2D eigenvalue weighted by molar-refractivity contribution is 0.102. The molecule has 0 saturated carbocycles. The van der Waals surface area contributed by atoms with E-state index in [9.17, 15) is 4.79 Å². The van der Waals surface area contributed by atoms with Gasteiger partial charge in [-0.3, -0.25) is 9.36 Å². The minimum atomic E-state index is -0.235.